The molecule has 2 aromatic heterocycles. The lowest BCUT2D eigenvalue weighted by molar-refractivity contribution is -0.115. The summed E-state index contributed by atoms with van der Waals surface area (Å²) < 4.78 is 1.78. The maximum absolute atomic E-state index is 12.0. The van der Waals surface area contributed by atoms with Gasteiger partial charge in [0.1, 0.15) is 5.82 Å². The van der Waals surface area contributed by atoms with E-state index in [0.29, 0.717) is 17.9 Å². The van der Waals surface area contributed by atoms with Gasteiger partial charge in [-0.3, -0.25) is 9.48 Å². The number of nitrogens with two attached hydrogens (primary N) is 1. The third-order valence-electron chi connectivity index (χ3n) is 3.07. The average molecular weight is 259 g/mol. The SMILES string of the molecule is Cc1nn(C)c(C)c1CC(=O)Nc1ccc(N)nc1. The molecule has 0 atom stereocenters. The lowest BCUT2D eigenvalue weighted by atomic mass is 10.1. The Bertz CT molecular complexity index is 600. The van der Waals surface area contributed by atoms with E-state index in [1.165, 1.54) is 6.20 Å². The number of pyridine rings is 1. The van der Waals surface area contributed by atoms with E-state index in [1.807, 2.05) is 20.9 Å². The van der Waals surface area contributed by atoms with Crippen LogP contribution in [0.5, 0.6) is 0 Å². The number of nitrogens with zero attached hydrogens (tertiary/aromatic N) is 3. The van der Waals surface area contributed by atoms with Gasteiger partial charge < -0.3 is 11.1 Å². The molecule has 1 amide bonds. The zero-order valence-corrected chi connectivity index (χ0v) is 11.3. The highest BCUT2D eigenvalue weighted by Crippen LogP contribution is 2.14. The molecule has 0 aliphatic heterocycles. The van der Waals surface area contributed by atoms with Crippen molar-refractivity contribution in [1.29, 1.82) is 0 Å². The zero-order chi connectivity index (χ0) is 14.0. The Morgan fingerprint density at radius 3 is 2.68 bits per heavy atom. The van der Waals surface area contributed by atoms with E-state index in [-0.39, 0.29) is 5.91 Å². The van der Waals surface area contributed by atoms with E-state index in [2.05, 4.69) is 15.4 Å². The van der Waals surface area contributed by atoms with Crippen LogP contribution in [0.1, 0.15) is 17.0 Å². The number of rotatable bonds is 3. The Balaban J connectivity index is 2.07. The predicted octanol–water partition coefficient (Wildman–Crippen LogP) is 1.20. The van der Waals surface area contributed by atoms with Crippen LogP contribution in [-0.2, 0) is 18.3 Å². The monoisotopic (exact) mass is 259 g/mol. The van der Waals surface area contributed by atoms with Crippen molar-refractivity contribution in [2.24, 2.45) is 7.05 Å². The molecule has 0 bridgehead atoms. The smallest absolute Gasteiger partial charge is 0.228 e. The van der Waals surface area contributed by atoms with Crippen molar-refractivity contribution >= 4 is 17.4 Å². The van der Waals surface area contributed by atoms with E-state index < -0.39 is 0 Å². The minimum absolute atomic E-state index is 0.0919. The zero-order valence-electron chi connectivity index (χ0n) is 11.3. The second-order valence-corrected chi connectivity index (χ2v) is 4.47. The van der Waals surface area contributed by atoms with Crippen molar-refractivity contribution in [2.45, 2.75) is 20.3 Å². The molecule has 19 heavy (non-hydrogen) atoms. The van der Waals surface area contributed by atoms with Gasteiger partial charge in [0.05, 0.1) is 24.0 Å². The summed E-state index contributed by atoms with van der Waals surface area (Å²) in [6, 6.07) is 3.37. The lowest BCUT2D eigenvalue weighted by Gasteiger charge is -2.05. The van der Waals surface area contributed by atoms with Crippen molar-refractivity contribution in [2.75, 3.05) is 11.1 Å². The molecule has 0 aliphatic rings. The van der Waals surface area contributed by atoms with Crippen LogP contribution in [0.2, 0.25) is 0 Å². The van der Waals surface area contributed by atoms with Crippen LogP contribution in [0.3, 0.4) is 0 Å². The fourth-order valence-electron chi connectivity index (χ4n) is 1.92. The first-order valence-corrected chi connectivity index (χ1v) is 5.98. The fourth-order valence-corrected chi connectivity index (χ4v) is 1.92. The molecule has 0 saturated heterocycles. The summed E-state index contributed by atoms with van der Waals surface area (Å²) in [6.45, 7) is 3.85. The molecule has 3 N–H and O–H groups in total. The summed E-state index contributed by atoms with van der Waals surface area (Å²) in [4.78, 5) is 15.9. The highest BCUT2D eigenvalue weighted by Gasteiger charge is 2.13. The van der Waals surface area contributed by atoms with Crippen LogP contribution < -0.4 is 11.1 Å². The van der Waals surface area contributed by atoms with Crippen molar-refractivity contribution in [3.05, 3.63) is 35.3 Å². The van der Waals surface area contributed by atoms with E-state index in [4.69, 9.17) is 5.73 Å². The van der Waals surface area contributed by atoms with E-state index in [1.54, 1.807) is 16.8 Å². The van der Waals surface area contributed by atoms with Crippen molar-refractivity contribution in [3.63, 3.8) is 0 Å². The topological polar surface area (TPSA) is 85.8 Å². The van der Waals surface area contributed by atoms with Gasteiger partial charge >= 0.3 is 0 Å². The molecule has 100 valence electrons. The summed E-state index contributed by atoms with van der Waals surface area (Å²) in [7, 11) is 1.87. The molecule has 6 nitrogen and oxygen atoms in total. The summed E-state index contributed by atoms with van der Waals surface area (Å²) in [5.74, 6) is 0.336. The molecule has 2 rings (SSSR count). The number of aryl methyl sites for hydroxylation is 2. The molecule has 2 aromatic rings. The Morgan fingerprint density at radius 2 is 2.16 bits per heavy atom. The van der Waals surface area contributed by atoms with Crippen LogP contribution >= 0.6 is 0 Å². The fraction of sp³-hybridized carbons (Fsp3) is 0.308. The van der Waals surface area contributed by atoms with Gasteiger partial charge in [0.2, 0.25) is 5.91 Å². The van der Waals surface area contributed by atoms with Gasteiger partial charge in [-0.1, -0.05) is 0 Å². The number of carbonyl (C=O) groups excluding carboxylic acids is 1. The molecule has 0 saturated carbocycles. The average Bonchev–Trinajstić information content (AvgIpc) is 2.59. The van der Waals surface area contributed by atoms with Gasteiger partial charge in [-0.15, -0.1) is 0 Å². The maximum Gasteiger partial charge on any atom is 0.228 e. The number of hydrogen-bond donors (Lipinski definition) is 2. The molecule has 0 unspecified atom stereocenters. The summed E-state index contributed by atoms with van der Waals surface area (Å²) >= 11 is 0. The number of nitrogen functional groups attached to an aromatic ring is 1. The highest BCUT2D eigenvalue weighted by atomic mass is 16.1. The number of hydrogen-bond acceptors (Lipinski definition) is 4. The Kier molecular flexibility index (Phi) is 3.50. The molecule has 0 aliphatic carbocycles. The van der Waals surface area contributed by atoms with Crippen LogP contribution in [0.15, 0.2) is 18.3 Å². The number of carbonyl (C=O) groups is 1. The number of aromatic nitrogens is 3. The largest absolute Gasteiger partial charge is 0.384 e. The van der Waals surface area contributed by atoms with Crippen LogP contribution in [0.4, 0.5) is 11.5 Å². The summed E-state index contributed by atoms with van der Waals surface area (Å²) in [5, 5.41) is 7.08. The number of nitrogens with one attached hydrogen (secondary N) is 1. The lowest BCUT2D eigenvalue weighted by Crippen LogP contribution is -2.15. The highest BCUT2D eigenvalue weighted by molar-refractivity contribution is 5.92. The van der Waals surface area contributed by atoms with Gasteiger partial charge in [0.15, 0.2) is 0 Å². The van der Waals surface area contributed by atoms with Gasteiger partial charge in [-0.25, -0.2) is 4.98 Å². The van der Waals surface area contributed by atoms with Crippen molar-refractivity contribution in [1.82, 2.24) is 14.8 Å². The standard InChI is InChI=1S/C13H17N5O/c1-8-11(9(2)18(3)17-8)6-13(19)16-10-4-5-12(14)15-7-10/h4-5,7H,6H2,1-3H3,(H2,14,15)(H,16,19). The second-order valence-electron chi connectivity index (χ2n) is 4.47. The first-order chi connectivity index (χ1) is 8.97. The van der Waals surface area contributed by atoms with Crippen molar-refractivity contribution in [3.8, 4) is 0 Å². The quantitative estimate of drug-likeness (QED) is 0.867. The minimum atomic E-state index is -0.0919. The van der Waals surface area contributed by atoms with E-state index in [0.717, 1.165) is 17.0 Å². The third-order valence-corrected chi connectivity index (χ3v) is 3.07. The third kappa shape index (κ3) is 2.90. The minimum Gasteiger partial charge on any atom is -0.384 e. The van der Waals surface area contributed by atoms with Crippen molar-refractivity contribution < 1.29 is 4.79 Å². The first-order valence-electron chi connectivity index (χ1n) is 5.98. The Labute approximate surface area is 111 Å². The number of anilines is 2. The van der Waals surface area contributed by atoms with Gasteiger partial charge in [0.25, 0.3) is 0 Å². The number of amides is 1. The van der Waals surface area contributed by atoms with Gasteiger partial charge in [0, 0.05) is 18.3 Å². The van der Waals surface area contributed by atoms with Gasteiger partial charge in [-0.05, 0) is 26.0 Å². The Morgan fingerprint density at radius 1 is 1.42 bits per heavy atom. The van der Waals surface area contributed by atoms with Crippen LogP contribution in [0, 0.1) is 13.8 Å². The Hall–Kier alpha value is -2.37. The molecular weight excluding hydrogens is 242 g/mol. The molecule has 2 heterocycles. The summed E-state index contributed by atoms with van der Waals surface area (Å²) in [5.41, 5.74) is 8.97. The molecule has 0 spiro atoms. The molecular formula is C13H17N5O. The molecule has 0 radical (unpaired) electrons. The summed E-state index contributed by atoms with van der Waals surface area (Å²) in [6.07, 6.45) is 1.84. The van der Waals surface area contributed by atoms with Crippen LogP contribution in [-0.4, -0.2) is 20.7 Å². The van der Waals surface area contributed by atoms with E-state index >= 15 is 0 Å². The first kappa shape index (κ1) is 13.1. The van der Waals surface area contributed by atoms with E-state index in [9.17, 15) is 4.79 Å². The molecule has 0 fully saturated rings. The second kappa shape index (κ2) is 5.09. The maximum atomic E-state index is 12.0. The van der Waals surface area contributed by atoms with Crippen LogP contribution in [0.25, 0.3) is 0 Å². The normalized spacial score (nSPS) is 10.5. The molecule has 0 aromatic carbocycles. The molecule has 6 heteroatoms. The van der Waals surface area contributed by atoms with Gasteiger partial charge in [-0.2, -0.15) is 5.10 Å². The predicted molar refractivity (Wildman–Crippen MR) is 73.7 cm³/mol.